The molecular weight excluding hydrogens is 150 g/mol. The third kappa shape index (κ3) is 4.07. The van der Waals surface area contributed by atoms with Crippen molar-refractivity contribution in [3.8, 4) is 0 Å². The highest BCUT2D eigenvalue weighted by atomic mass is 16.5. The van der Waals surface area contributed by atoms with Crippen LogP contribution in [-0.2, 0) is 4.74 Å². The van der Waals surface area contributed by atoms with Crippen LogP contribution in [-0.4, -0.2) is 26.3 Å². The van der Waals surface area contributed by atoms with Crippen molar-refractivity contribution in [1.29, 1.82) is 0 Å². The Morgan fingerprint density at radius 3 is 2.67 bits per heavy atom. The van der Waals surface area contributed by atoms with Gasteiger partial charge in [0.25, 0.3) is 0 Å². The van der Waals surface area contributed by atoms with Gasteiger partial charge in [0.15, 0.2) is 0 Å². The van der Waals surface area contributed by atoms with Crippen LogP contribution < -0.4 is 5.32 Å². The first kappa shape index (κ1) is 10.0. The predicted molar refractivity (Wildman–Crippen MR) is 51.3 cm³/mol. The van der Waals surface area contributed by atoms with Gasteiger partial charge in [0.05, 0.1) is 0 Å². The van der Waals surface area contributed by atoms with Gasteiger partial charge in [-0.2, -0.15) is 0 Å². The van der Waals surface area contributed by atoms with Gasteiger partial charge >= 0.3 is 0 Å². The molecule has 1 heterocycles. The van der Waals surface area contributed by atoms with E-state index < -0.39 is 0 Å². The summed E-state index contributed by atoms with van der Waals surface area (Å²) < 4.78 is 5.47. The average molecular weight is 171 g/mol. The van der Waals surface area contributed by atoms with Gasteiger partial charge < -0.3 is 10.1 Å². The first-order valence-electron chi connectivity index (χ1n) is 5.22. The Morgan fingerprint density at radius 1 is 1.25 bits per heavy atom. The largest absolute Gasteiger partial charge is 0.381 e. The molecule has 1 N–H and O–H groups in total. The van der Waals surface area contributed by atoms with E-state index in [0.29, 0.717) is 0 Å². The summed E-state index contributed by atoms with van der Waals surface area (Å²) in [6.45, 7) is 6.48. The highest BCUT2D eigenvalue weighted by Gasteiger charge is 2.11. The Labute approximate surface area is 75.7 Å². The second-order valence-corrected chi connectivity index (χ2v) is 3.59. The molecule has 0 radical (unpaired) electrons. The van der Waals surface area contributed by atoms with E-state index in [1.165, 1.54) is 32.4 Å². The van der Waals surface area contributed by atoms with Crippen molar-refractivity contribution in [3.63, 3.8) is 0 Å². The maximum atomic E-state index is 5.47. The Morgan fingerprint density at radius 2 is 2.00 bits per heavy atom. The zero-order chi connectivity index (χ0) is 8.65. The molecule has 0 aliphatic carbocycles. The topological polar surface area (TPSA) is 21.3 Å². The van der Waals surface area contributed by atoms with Crippen molar-refractivity contribution >= 4 is 0 Å². The van der Waals surface area contributed by atoms with E-state index in [1.54, 1.807) is 0 Å². The van der Waals surface area contributed by atoms with E-state index >= 15 is 0 Å². The first-order valence-corrected chi connectivity index (χ1v) is 5.22. The first-order chi connectivity index (χ1) is 5.93. The van der Waals surface area contributed by atoms with Gasteiger partial charge in [0, 0.05) is 13.2 Å². The molecule has 0 aromatic heterocycles. The van der Waals surface area contributed by atoms with Gasteiger partial charge in [-0.1, -0.05) is 6.92 Å². The van der Waals surface area contributed by atoms with Crippen LogP contribution in [0, 0.1) is 5.92 Å². The van der Waals surface area contributed by atoms with E-state index in [2.05, 4.69) is 12.2 Å². The number of nitrogens with one attached hydrogen (secondary N) is 1. The zero-order valence-electron chi connectivity index (χ0n) is 8.14. The van der Waals surface area contributed by atoms with Crippen LogP contribution in [0.2, 0.25) is 0 Å². The zero-order valence-corrected chi connectivity index (χ0v) is 8.14. The molecule has 0 atom stereocenters. The van der Waals surface area contributed by atoms with Crippen LogP contribution in [0.1, 0.15) is 32.6 Å². The third-order valence-corrected chi connectivity index (χ3v) is 2.48. The van der Waals surface area contributed by atoms with Crippen LogP contribution in [0.15, 0.2) is 0 Å². The number of piperidine rings is 1. The highest BCUT2D eigenvalue weighted by molar-refractivity contribution is 4.67. The third-order valence-electron chi connectivity index (χ3n) is 2.48. The molecule has 1 aliphatic heterocycles. The summed E-state index contributed by atoms with van der Waals surface area (Å²) in [6, 6.07) is 0. The second kappa shape index (κ2) is 6.44. The summed E-state index contributed by atoms with van der Waals surface area (Å²) in [5.41, 5.74) is 0. The molecule has 72 valence electrons. The summed E-state index contributed by atoms with van der Waals surface area (Å²) in [7, 11) is 0. The van der Waals surface area contributed by atoms with Crippen LogP contribution in [0.3, 0.4) is 0 Å². The van der Waals surface area contributed by atoms with Gasteiger partial charge in [0.1, 0.15) is 0 Å². The number of hydrogen-bond acceptors (Lipinski definition) is 2. The van der Waals surface area contributed by atoms with Gasteiger partial charge in [-0.25, -0.2) is 0 Å². The lowest BCUT2D eigenvalue weighted by Gasteiger charge is -2.22. The van der Waals surface area contributed by atoms with Crippen molar-refractivity contribution in [2.24, 2.45) is 5.92 Å². The number of hydrogen-bond donors (Lipinski definition) is 1. The van der Waals surface area contributed by atoms with Crippen molar-refractivity contribution in [2.75, 3.05) is 26.3 Å². The van der Waals surface area contributed by atoms with E-state index in [0.717, 1.165) is 25.6 Å². The minimum absolute atomic E-state index is 0.920. The standard InChI is InChI=1S/C10H21NO/c1-2-8-12-9-5-10-3-6-11-7-4-10/h10-11H,2-9H2,1H3. The average Bonchev–Trinajstić information content (AvgIpc) is 2.14. The molecule has 1 saturated heterocycles. The maximum absolute atomic E-state index is 5.47. The molecule has 12 heavy (non-hydrogen) atoms. The van der Waals surface area contributed by atoms with Crippen LogP contribution in [0.4, 0.5) is 0 Å². The molecule has 0 saturated carbocycles. The van der Waals surface area contributed by atoms with E-state index in [9.17, 15) is 0 Å². The van der Waals surface area contributed by atoms with E-state index in [1.807, 2.05) is 0 Å². The van der Waals surface area contributed by atoms with Crippen molar-refractivity contribution in [2.45, 2.75) is 32.6 Å². The van der Waals surface area contributed by atoms with Crippen molar-refractivity contribution in [3.05, 3.63) is 0 Å². The Balaban J connectivity index is 1.91. The van der Waals surface area contributed by atoms with Crippen molar-refractivity contribution < 1.29 is 4.74 Å². The molecule has 0 aromatic carbocycles. The van der Waals surface area contributed by atoms with Crippen LogP contribution in [0.5, 0.6) is 0 Å². The molecule has 1 fully saturated rings. The summed E-state index contributed by atoms with van der Waals surface area (Å²) in [5.74, 6) is 0.920. The summed E-state index contributed by atoms with van der Waals surface area (Å²) in [5, 5.41) is 3.38. The minimum Gasteiger partial charge on any atom is -0.381 e. The lowest BCUT2D eigenvalue weighted by atomic mass is 9.95. The highest BCUT2D eigenvalue weighted by Crippen LogP contribution is 2.15. The maximum Gasteiger partial charge on any atom is 0.0468 e. The normalized spacial score (nSPS) is 19.8. The van der Waals surface area contributed by atoms with Gasteiger partial charge in [0.2, 0.25) is 0 Å². The van der Waals surface area contributed by atoms with Crippen molar-refractivity contribution in [1.82, 2.24) is 5.32 Å². The van der Waals surface area contributed by atoms with E-state index in [4.69, 9.17) is 4.74 Å². The summed E-state index contributed by atoms with van der Waals surface area (Å²) in [6.07, 6.45) is 5.10. The SMILES string of the molecule is CCCOCCC1CCNCC1. The molecular formula is C10H21NO. The molecule has 2 nitrogen and oxygen atoms in total. The van der Waals surface area contributed by atoms with Gasteiger partial charge in [-0.15, -0.1) is 0 Å². The fourth-order valence-electron chi connectivity index (χ4n) is 1.67. The Kier molecular flexibility index (Phi) is 5.37. The molecule has 0 spiro atoms. The molecule has 2 heteroatoms. The Hall–Kier alpha value is -0.0800. The summed E-state index contributed by atoms with van der Waals surface area (Å²) >= 11 is 0. The van der Waals surface area contributed by atoms with E-state index in [-0.39, 0.29) is 0 Å². The molecule has 0 aromatic rings. The Bertz CT molecular complexity index is 100. The number of ether oxygens (including phenoxy) is 1. The minimum atomic E-state index is 0.920. The fourth-order valence-corrected chi connectivity index (χ4v) is 1.67. The molecule has 1 aliphatic rings. The molecule has 0 unspecified atom stereocenters. The van der Waals surface area contributed by atoms with Gasteiger partial charge in [-0.05, 0) is 44.7 Å². The molecule has 0 amide bonds. The number of rotatable bonds is 5. The molecule has 1 rings (SSSR count). The quantitative estimate of drug-likeness (QED) is 0.637. The fraction of sp³-hybridized carbons (Fsp3) is 1.00. The van der Waals surface area contributed by atoms with Crippen LogP contribution in [0.25, 0.3) is 0 Å². The lowest BCUT2D eigenvalue weighted by molar-refractivity contribution is 0.115. The molecule has 0 bridgehead atoms. The smallest absolute Gasteiger partial charge is 0.0468 e. The predicted octanol–water partition coefficient (Wildman–Crippen LogP) is 1.80. The second-order valence-electron chi connectivity index (χ2n) is 3.59. The summed E-state index contributed by atoms with van der Waals surface area (Å²) in [4.78, 5) is 0. The van der Waals surface area contributed by atoms with Crippen LogP contribution >= 0.6 is 0 Å². The van der Waals surface area contributed by atoms with Gasteiger partial charge in [-0.3, -0.25) is 0 Å². The monoisotopic (exact) mass is 171 g/mol. The lowest BCUT2D eigenvalue weighted by Crippen LogP contribution is -2.28.